The predicted molar refractivity (Wildman–Crippen MR) is 80.6 cm³/mol. The quantitative estimate of drug-likeness (QED) is 0.894. The number of carboxylic acid groups (broad SMARTS) is 1. The van der Waals surface area contributed by atoms with Gasteiger partial charge in [-0.25, -0.2) is 0 Å². The number of halogens is 1. The highest BCUT2D eigenvalue weighted by atomic mass is 79.9. The zero-order chi connectivity index (χ0) is 14.6. The van der Waals surface area contributed by atoms with Gasteiger partial charge in [0.15, 0.2) is 0 Å². The SMILES string of the molecule is CN(Cc1ccc(Br)cc1)CC1(C(=O)O)CCCOC1. The molecule has 2 rings (SSSR count). The van der Waals surface area contributed by atoms with E-state index < -0.39 is 11.4 Å². The van der Waals surface area contributed by atoms with Crippen molar-refractivity contribution in [2.75, 3.05) is 26.8 Å². The molecular formula is C15H20BrNO3. The van der Waals surface area contributed by atoms with Crippen LogP contribution in [0.3, 0.4) is 0 Å². The van der Waals surface area contributed by atoms with Gasteiger partial charge in [0, 0.05) is 24.2 Å². The van der Waals surface area contributed by atoms with Crippen LogP contribution in [0, 0.1) is 5.41 Å². The fourth-order valence-electron chi connectivity index (χ4n) is 2.69. The van der Waals surface area contributed by atoms with Crippen LogP contribution in [0.15, 0.2) is 28.7 Å². The minimum Gasteiger partial charge on any atom is -0.481 e. The Morgan fingerprint density at radius 3 is 2.70 bits per heavy atom. The van der Waals surface area contributed by atoms with E-state index in [1.165, 1.54) is 5.56 Å². The number of ether oxygens (including phenoxy) is 1. The van der Waals surface area contributed by atoms with E-state index in [1.807, 2.05) is 31.3 Å². The van der Waals surface area contributed by atoms with Crippen LogP contribution in [0.4, 0.5) is 0 Å². The molecule has 1 atom stereocenters. The van der Waals surface area contributed by atoms with Gasteiger partial charge in [0.25, 0.3) is 0 Å². The van der Waals surface area contributed by atoms with E-state index in [0.717, 1.165) is 17.4 Å². The molecule has 1 fully saturated rings. The number of carbonyl (C=O) groups is 1. The van der Waals surface area contributed by atoms with Crippen molar-refractivity contribution in [3.05, 3.63) is 34.3 Å². The molecule has 1 aliphatic rings. The van der Waals surface area contributed by atoms with Crippen molar-refractivity contribution in [3.63, 3.8) is 0 Å². The molecule has 1 saturated heterocycles. The molecule has 4 nitrogen and oxygen atoms in total. The van der Waals surface area contributed by atoms with Gasteiger partial charge in [-0.05, 0) is 37.6 Å². The summed E-state index contributed by atoms with van der Waals surface area (Å²) in [5.41, 5.74) is 0.412. The Balaban J connectivity index is 1.99. The third-order valence-electron chi connectivity index (χ3n) is 3.71. The lowest BCUT2D eigenvalue weighted by molar-refractivity contribution is -0.159. The summed E-state index contributed by atoms with van der Waals surface area (Å²) in [5, 5.41) is 9.53. The molecule has 20 heavy (non-hydrogen) atoms. The molecule has 0 aliphatic carbocycles. The predicted octanol–water partition coefficient (Wildman–Crippen LogP) is 2.76. The summed E-state index contributed by atoms with van der Waals surface area (Å²) >= 11 is 3.41. The Labute approximate surface area is 127 Å². The Bertz CT molecular complexity index is 455. The molecule has 0 saturated carbocycles. The Morgan fingerprint density at radius 2 is 2.15 bits per heavy atom. The van der Waals surface area contributed by atoms with Gasteiger partial charge >= 0.3 is 5.97 Å². The van der Waals surface area contributed by atoms with Gasteiger partial charge < -0.3 is 14.7 Å². The summed E-state index contributed by atoms with van der Waals surface area (Å²) in [6.45, 7) is 2.24. The monoisotopic (exact) mass is 341 g/mol. The highest BCUT2D eigenvalue weighted by molar-refractivity contribution is 9.10. The van der Waals surface area contributed by atoms with Crippen molar-refractivity contribution in [3.8, 4) is 0 Å². The Hall–Kier alpha value is -0.910. The van der Waals surface area contributed by atoms with Gasteiger partial charge in [-0.3, -0.25) is 4.79 Å². The summed E-state index contributed by atoms with van der Waals surface area (Å²) in [7, 11) is 1.96. The smallest absolute Gasteiger partial charge is 0.313 e. The summed E-state index contributed by atoms with van der Waals surface area (Å²) in [6, 6.07) is 8.09. The van der Waals surface area contributed by atoms with E-state index in [2.05, 4.69) is 20.8 Å². The van der Waals surface area contributed by atoms with Crippen molar-refractivity contribution < 1.29 is 14.6 Å². The summed E-state index contributed by atoms with van der Waals surface area (Å²) in [6.07, 6.45) is 1.51. The summed E-state index contributed by atoms with van der Waals surface area (Å²) < 4.78 is 6.45. The zero-order valence-corrected chi connectivity index (χ0v) is 13.2. The van der Waals surface area contributed by atoms with Crippen LogP contribution in [0.25, 0.3) is 0 Å². The standard InChI is InChI=1S/C15H20BrNO3/c1-17(9-12-3-5-13(16)6-4-12)10-15(14(18)19)7-2-8-20-11-15/h3-6H,2,7-11H2,1H3,(H,18,19). The third-order valence-corrected chi connectivity index (χ3v) is 4.24. The van der Waals surface area contributed by atoms with Gasteiger partial charge in [0.05, 0.1) is 6.61 Å². The lowest BCUT2D eigenvalue weighted by Crippen LogP contribution is -2.47. The maximum atomic E-state index is 11.6. The maximum absolute atomic E-state index is 11.6. The fourth-order valence-corrected chi connectivity index (χ4v) is 2.95. The van der Waals surface area contributed by atoms with Crippen LogP contribution >= 0.6 is 15.9 Å². The number of aliphatic carboxylic acids is 1. The number of carboxylic acids is 1. The minimum atomic E-state index is -0.762. The first-order chi connectivity index (χ1) is 9.52. The second-order valence-electron chi connectivity index (χ2n) is 5.54. The van der Waals surface area contributed by atoms with Crippen LogP contribution < -0.4 is 0 Å². The lowest BCUT2D eigenvalue weighted by Gasteiger charge is -2.36. The van der Waals surface area contributed by atoms with Crippen molar-refractivity contribution in [2.24, 2.45) is 5.41 Å². The second-order valence-corrected chi connectivity index (χ2v) is 6.46. The molecule has 1 N–H and O–H groups in total. The van der Waals surface area contributed by atoms with Crippen LogP contribution in [0.5, 0.6) is 0 Å². The van der Waals surface area contributed by atoms with Crippen molar-refractivity contribution in [2.45, 2.75) is 19.4 Å². The molecule has 1 heterocycles. The summed E-state index contributed by atoms with van der Waals surface area (Å²) in [4.78, 5) is 13.7. The van der Waals surface area contributed by atoms with Gasteiger partial charge in [-0.2, -0.15) is 0 Å². The van der Waals surface area contributed by atoms with Crippen molar-refractivity contribution in [1.82, 2.24) is 4.90 Å². The van der Waals surface area contributed by atoms with E-state index in [4.69, 9.17) is 4.74 Å². The summed E-state index contributed by atoms with van der Waals surface area (Å²) in [5.74, 6) is -0.750. The van der Waals surface area contributed by atoms with E-state index in [1.54, 1.807) is 0 Å². The average Bonchev–Trinajstić information content (AvgIpc) is 2.42. The molecule has 1 aromatic carbocycles. The largest absolute Gasteiger partial charge is 0.481 e. The van der Waals surface area contributed by atoms with Crippen LogP contribution in [-0.4, -0.2) is 42.8 Å². The fraction of sp³-hybridized carbons (Fsp3) is 0.533. The molecule has 0 spiro atoms. The van der Waals surface area contributed by atoms with E-state index in [-0.39, 0.29) is 0 Å². The maximum Gasteiger partial charge on any atom is 0.313 e. The second kappa shape index (κ2) is 6.70. The lowest BCUT2D eigenvalue weighted by atomic mass is 9.82. The molecule has 0 radical (unpaired) electrons. The first-order valence-electron chi connectivity index (χ1n) is 6.76. The van der Waals surface area contributed by atoms with E-state index in [0.29, 0.717) is 26.2 Å². The van der Waals surface area contributed by atoms with Gasteiger partial charge in [-0.1, -0.05) is 28.1 Å². The van der Waals surface area contributed by atoms with Crippen LogP contribution in [0.1, 0.15) is 18.4 Å². The Kier molecular flexibility index (Phi) is 5.18. The highest BCUT2D eigenvalue weighted by Crippen LogP contribution is 2.30. The average molecular weight is 342 g/mol. The topological polar surface area (TPSA) is 49.8 Å². The number of nitrogens with zero attached hydrogens (tertiary/aromatic N) is 1. The third kappa shape index (κ3) is 3.81. The van der Waals surface area contributed by atoms with Crippen molar-refractivity contribution in [1.29, 1.82) is 0 Å². The zero-order valence-electron chi connectivity index (χ0n) is 11.6. The van der Waals surface area contributed by atoms with Gasteiger partial charge in [0.2, 0.25) is 0 Å². The van der Waals surface area contributed by atoms with Crippen molar-refractivity contribution >= 4 is 21.9 Å². The molecule has 5 heteroatoms. The molecular weight excluding hydrogens is 322 g/mol. The first-order valence-corrected chi connectivity index (χ1v) is 7.55. The normalized spacial score (nSPS) is 22.9. The van der Waals surface area contributed by atoms with Gasteiger partial charge in [-0.15, -0.1) is 0 Å². The molecule has 0 aromatic heterocycles. The minimum absolute atomic E-state index is 0.313. The number of rotatable bonds is 5. The number of benzene rings is 1. The number of hydrogen-bond donors (Lipinski definition) is 1. The van der Waals surface area contributed by atoms with E-state index >= 15 is 0 Å². The Morgan fingerprint density at radius 1 is 1.45 bits per heavy atom. The molecule has 1 unspecified atom stereocenters. The molecule has 0 amide bonds. The van der Waals surface area contributed by atoms with Gasteiger partial charge in [0.1, 0.15) is 5.41 Å². The highest BCUT2D eigenvalue weighted by Gasteiger charge is 2.41. The molecule has 1 aromatic rings. The molecule has 1 aliphatic heterocycles. The molecule has 0 bridgehead atoms. The molecule has 110 valence electrons. The van der Waals surface area contributed by atoms with Crippen LogP contribution in [0.2, 0.25) is 0 Å². The number of hydrogen-bond acceptors (Lipinski definition) is 3. The van der Waals surface area contributed by atoms with E-state index in [9.17, 15) is 9.90 Å². The first kappa shape index (κ1) is 15.5. The van der Waals surface area contributed by atoms with Crippen LogP contribution in [-0.2, 0) is 16.1 Å².